The Hall–Kier alpha value is -2.43. The second-order valence-electron chi connectivity index (χ2n) is 5.53. The molecule has 0 amide bonds. The predicted octanol–water partition coefficient (Wildman–Crippen LogP) is 6.62. The fourth-order valence-electron chi connectivity index (χ4n) is 2.23. The number of hydrogen-bond acceptors (Lipinski definition) is 5. The molecule has 31 heavy (non-hydrogen) atoms. The van der Waals surface area contributed by atoms with Crippen LogP contribution in [-0.2, 0) is 24.5 Å². The van der Waals surface area contributed by atoms with Crippen LogP contribution in [0.15, 0.2) is 79.2 Å². The largest absolute Gasteiger partial charge is 0.288 e. The zero-order valence-electron chi connectivity index (χ0n) is 13.9. The van der Waals surface area contributed by atoms with Crippen molar-refractivity contribution in [3.8, 4) is 0 Å². The van der Waals surface area contributed by atoms with Crippen molar-refractivity contribution in [1.82, 2.24) is 0 Å². The monoisotopic (exact) mass is 472 g/mol. The van der Waals surface area contributed by atoms with Gasteiger partial charge in [-0.25, -0.2) is 16.8 Å². The highest BCUT2D eigenvalue weighted by Gasteiger charge is 2.30. The van der Waals surface area contributed by atoms with Gasteiger partial charge in [0.25, 0.3) is 0 Å². The molecule has 0 spiro atoms. The molecule has 0 fully saturated rings. The summed E-state index contributed by atoms with van der Waals surface area (Å²) < 4.78 is 47.1. The minimum atomic E-state index is -3.65. The smallest absolute Gasteiger partial charge is 0.204 e. The van der Waals surface area contributed by atoms with Gasteiger partial charge in [0, 0.05) is 22.5 Å². The average Bonchev–Trinajstić information content (AvgIpc) is 2.81. The number of rotatable bonds is 3. The van der Waals surface area contributed by atoms with Gasteiger partial charge in [-0.15, -0.1) is 0 Å². The molecule has 0 aromatic heterocycles. The molecule has 5 nitrogen and oxygen atoms in total. The SMILES string of the molecule is C.C.C.C.C.C.CC1=CS(=O)(=O)C(=CC=CC=C=C=CC2=C(C)C(C)=CS2(=O)=O)C1=O. The van der Waals surface area contributed by atoms with Crippen LogP contribution >= 0.6 is 0 Å². The molecular formula is C24H40O5S2. The molecule has 2 aliphatic rings. The van der Waals surface area contributed by atoms with Crippen LogP contribution in [0.1, 0.15) is 65.3 Å². The summed E-state index contributed by atoms with van der Waals surface area (Å²) >= 11 is 0. The summed E-state index contributed by atoms with van der Waals surface area (Å²) in [7, 11) is -7.06. The molecule has 0 bridgehead atoms. The van der Waals surface area contributed by atoms with Crippen molar-refractivity contribution in [3.63, 3.8) is 0 Å². The number of Topliss-reactive ketones (excluding diaryl/α,β-unsaturated/α-hetero) is 1. The first-order chi connectivity index (χ1) is 11.6. The van der Waals surface area contributed by atoms with Gasteiger partial charge in [-0.1, -0.05) is 68.2 Å². The van der Waals surface area contributed by atoms with Gasteiger partial charge in [0.15, 0.2) is 0 Å². The van der Waals surface area contributed by atoms with Gasteiger partial charge in [0.2, 0.25) is 25.5 Å². The lowest BCUT2D eigenvalue weighted by molar-refractivity contribution is -0.111. The fraction of sp³-hybridized carbons (Fsp3) is 0.375. The first-order valence-electron chi connectivity index (χ1n) is 7.23. The Balaban J connectivity index is -0.000000376. The zero-order chi connectivity index (χ0) is 18.8. The fourth-order valence-corrected chi connectivity index (χ4v) is 5.20. The van der Waals surface area contributed by atoms with Crippen LogP contribution < -0.4 is 0 Å². The third kappa shape index (κ3) is 8.68. The van der Waals surface area contributed by atoms with E-state index in [1.54, 1.807) is 13.8 Å². The first kappa shape index (κ1) is 39.1. The van der Waals surface area contributed by atoms with Gasteiger partial charge in [-0.2, -0.15) is 0 Å². The lowest BCUT2D eigenvalue weighted by atomic mass is 10.1. The number of sulfone groups is 2. The van der Waals surface area contributed by atoms with Crippen LogP contribution in [0, 0.1) is 0 Å². The van der Waals surface area contributed by atoms with Crippen molar-refractivity contribution < 1.29 is 21.6 Å². The molecule has 0 saturated carbocycles. The van der Waals surface area contributed by atoms with E-state index in [0.717, 1.165) is 5.41 Å². The second-order valence-corrected chi connectivity index (χ2v) is 9.06. The molecule has 0 atom stereocenters. The summed E-state index contributed by atoms with van der Waals surface area (Å²) in [5.41, 5.74) is 6.80. The van der Waals surface area contributed by atoms with Crippen LogP contribution in [-0.4, -0.2) is 22.6 Å². The average molecular weight is 473 g/mol. The third-order valence-corrected chi connectivity index (χ3v) is 6.94. The molecule has 2 rings (SSSR count). The maximum absolute atomic E-state index is 11.9. The molecule has 2 aliphatic heterocycles. The van der Waals surface area contributed by atoms with E-state index >= 15 is 0 Å². The van der Waals surface area contributed by atoms with Gasteiger partial charge in [-0.05, 0) is 44.1 Å². The molecule has 0 aliphatic carbocycles. The topological polar surface area (TPSA) is 85.3 Å². The zero-order valence-corrected chi connectivity index (χ0v) is 15.5. The Kier molecular flexibility index (Phi) is 18.4. The molecule has 0 N–H and O–H groups in total. The Labute approximate surface area is 191 Å². The lowest BCUT2D eigenvalue weighted by Crippen LogP contribution is -2.02. The number of allylic oxidation sites excluding steroid dienone is 9. The molecule has 178 valence electrons. The van der Waals surface area contributed by atoms with Crippen LogP contribution in [0.5, 0.6) is 0 Å². The molecule has 0 aromatic rings. The summed E-state index contributed by atoms with van der Waals surface area (Å²) in [4.78, 5) is 11.6. The summed E-state index contributed by atoms with van der Waals surface area (Å²) in [5, 5.41) is 2.16. The van der Waals surface area contributed by atoms with E-state index in [-0.39, 0.29) is 59.9 Å². The normalized spacial score (nSPS) is 18.3. The number of carbonyl (C=O) groups excluding carboxylic acids is 1. The minimum Gasteiger partial charge on any atom is -0.288 e. The minimum absolute atomic E-state index is 0. The Morgan fingerprint density at radius 2 is 1.26 bits per heavy atom. The van der Waals surface area contributed by atoms with Gasteiger partial charge >= 0.3 is 0 Å². The van der Waals surface area contributed by atoms with Crippen LogP contribution in [0.2, 0.25) is 0 Å². The molecular weight excluding hydrogens is 432 g/mol. The number of ketones is 1. The van der Waals surface area contributed by atoms with Crippen molar-refractivity contribution >= 4 is 25.5 Å². The summed E-state index contributed by atoms with van der Waals surface area (Å²) in [6.07, 6.45) is 6.84. The highest BCUT2D eigenvalue weighted by molar-refractivity contribution is 7.99. The van der Waals surface area contributed by atoms with E-state index in [0.29, 0.717) is 11.1 Å². The van der Waals surface area contributed by atoms with Gasteiger partial charge < -0.3 is 0 Å². The van der Waals surface area contributed by atoms with E-state index < -0.39 is 25.5 Å². The molecule has 0 radical (unpaired) electrons. The maximum atomic E-state index is 11.9. The standard InChI is InChI=1S/C18H16O5S2.6CH4/c1-13-11-24(20,21)16(15(13)3)9-7-5-4-6-8-10-17-18(19)14(2)12-25(17,22)23;;;;;;/h4,6,8-12H,1-3H3;6*1H4. The van der Waals surface area contributed by atoms with Crippen LogP contribution in [0.3, 0.4) is 0 Å². The third-order valence-electron chi connectivity index (χ3n) is 3.64. The second kappa shape index (κ2) is 14.6. The summed E-state index contributed by atoms with van der Waals surface area (Å²) in [6.45, 7) is 4.88. The molecule has 0 saturated heterocycles. The van der Waals surface area contributed by atoms with Crippen molar-refractivity contribution in [2.75, 3.05) is 0 Å². The van der Waals surface area contributed by atoms with E-state index in [1.165, 1.54) is 42.7 Å². The van der Waals surface area contributed by atoms with E-state index in [2.05, 4.69) is 11.5 Å². The molecule has 0 aromatic carbocycles. The molecule has 2 heterocycles. The number of carbonyl (C=O) groups is 1. The van der Waals surface area contributed by atoms with Crippen molar-refractivity contribution in [2.45, 2.75) is 65.3 Å². The Morgan fingerprint density at radius 3 is 1.68 bits per heavy atom. The van der Waals surface area contributed by atoms with Crippen LogP contribution in [0.4, 0.5) is 0 Å². The Bertz CT molecular complexity index is 1110. The highest BCUT2D eigenvalue weighted by atomic mass is 32.2. The lowest BCUT2D eigenvalue weighted by Gasteiger charge is -1.94. The highest BCUT2D eigenvalue weighted by Crippen LogP contribution is 2.29. The van der Waals surface area contributed by atoms with E-state index in [4.69, 9.17) is 0 Å². The first-order valence-corrected chi connectivity index (χ1v) is 10.3. The summed E-state index contributed by atoms with van der Waals surface area (Å²) in [5.74, 6) is -0.513. The summed E-state index contributed by atoms with van der Waals surface area (Å²) in [6, 6.07) is 0. The van der Waals surface area contributed by atoms with Crippen molar-refractivity contribution in [3.05, 3.63) is 79.2 Å². The van der Waals surface area contributed by atoms with Crippen molar-refractivity contribution in [2.24, 2.45) is 0 Å². The van der Waals surface area contributed by atoms with Crippen molar-refractivity contribution in [1.29, 1.82) is 0 Å². The van der Waals surface area contributed by atoms with Gasteiger partial charge in [-0.3, -0.25) is 4.79 Å². The van der Waals surface area contributed by atoms with Crippen LogP contribution in [0.25, 0.3) is 0 Å². The van der Waals surface area contributed by atoms with Gasteiger partial charge in [0.05, 0.1) is 4.91 Å². The van der Waals surface area contributed by atoms with Gasteiger partial charge in [0.1, 0.15) is 4.91 Å². The molecule has 7 heteroatoms. The number of hydrogen-bond donors (Lipinski definition) is 0. The van der Waals surface area contributed by atoms with E-state index in [1.807, 2.05) is 0 Å². The predicted molar refractivity (Wildman–Crippen MR) is 137 cm³/mol. The quantitative estimate of drug-likeness (QED) is 0.262. The molecule has 0 unspecified atom stereocenters. The maximum Gasteiger partial charge on any atom is 0.204 e. The Morgan fingerprint density at radius 1 is 0.742 bits per heavy atom. The van der Waals surface area contributed by atoms with E-state index in [9.17, 15) is 21.6 Å².